The van der Waals surface area contributed by atoms with Gasteiger partial charge in [-0.1, -0.05) is 0 Å². The Morgan fingerprint density at radius 2 is 1.50 bits per heavy atom. The first-order chi connectivity index (χ1) is 8.29. The van der Waals surface area contributed by atoms with E-state index in [0.717, 1.165) is 0 Å². The lowest BCUT2D eigenvalue weighted by atomic mass is 10.1. The third-order valence-corrected chi connectivity index (χ3v) is 3.25. The zero-order valence-corrected chi connectivity index (χ0v) is 11.9. The summed E-state index contributed by atoms with van der Waals surface area (Å²) in [6.45, 7) is 5.78. The van der Waals surface area contributed by atoms with Gasteiger partial charge in [-0.2, -0.15) is 0 Å². The number of methoxy groups -OCH3 is 1. The Hall–Kier alpha value is -1.30. The fourth-order valence-electron chi connectivity index (χ4n) is 1.85. The molecule has 1 saturated heterocycles. The molecule has 104 valence electrons. The average Bonchev–Trinajstić information content (AvgIpc) is 2.37. The Bertz CT molecular complexity index is 321. The number of hydrogen-bond donors (Lipinski definition) is 0. The summed E-state index contributed by atoms with van der Waals surface area (Å²) in [4.78, 5) is 29.0. The summed E-state index contributed by atoms with van der Waals surface area (Å²) in [5.74, 6) is -0.0260. The molecular weight excluding hydrogens is 234 g/mol. The van der Waals surface area contributed by atoms with E-state index < -0.39 is 5.60 Å². The number of amides is 3. The number of piperazine rings is 1. The van der Waals surface area contributed by atoms with Crippen molar-refractivity contribution in [3.05, 3.63) is 0 Å². The van der Waals surface area contributed by atoms with Gasteiger partial charge in [-0.05, 0) is 13.8 Å². The quantitative estimate of drug-likeness (QED) is 0.712. The minimum Gasteiger partial charge on any atom is -0.369 e. The van der Waals surface area contributed by atoms with Crippen molar-refractivity contribution in [3.8, 4) is 0 Å². The molecule has 0 aromatic heterocycles. The van der Waals surface area contributed by atoms with Crippen molar-refractivity contribution < 1.29 is 14.3 Å². The molecule has 1 aliphatic rings. The second-order valence-electron chi connectivity index (χ2n) is 5.17. The molecule has 1 fully saturated rings. The average molecular weight is 257 g/mol. The summed E-state index contributed by atoms with van der Waals surface area (Å²) in [7, 11) is 4.99. The van der Waals surface area contributed by atoms with Gasteiger partial charge in [0.2, 0.25) is 0 Å². The molecule has 1 aliphatic heterocycles. The maximum Gasteiger partial charge on any atom is 0.319 e. The first kappa shape index (κ1) is 14.8. The lowest BCUT2D eigenvalue weighted by Crippen LogP contribution is -2.56. The molecule has 0 bridgehead atoms. The van der Waals surface area contributed by atoms with Crippen molar-refractivity contribution >= 4 is 11.9 Å². The van der Waals surface area contributed by atoms with Crippen LogP contribution in [0.5, 0.6) is 0 Å². The Kier molecular flexibility index (Phi) is 4.56. The highest BCUT2D eigenvalue weighted by Crippen LogP contribution is 2.14. The van der Waals surface area contributed by atoms with Crippen LogP contribution < -0.4 is 0 Å². The minimum absolute atomic E-state index is 0.00639. The monoisotopic (exact) mass is 257 g/mol. The number of rotatable bonds is 2. The van der Waals surface area contributed by atoms with E-state index in [0.29, 0.717) is 26.2 Å². The molecule has 0 saturated carbocycles. The summed E-state index contributed by atoms with van der Waals surface area (Å²) in [5, 5.41) is 0. The molecule has 1 rings (SSSR count). The summed E-state index contributed by atoms with van der Waals surface area (Å²) in [5.41, 5.74) is -0.798. The third kappa shape index (κ3) is 3.13. The maximum absolute atomic E-state index is 12.1. The second-order valence-corrected chi connectivity index (χ2v) is 5.17. The highest BCUT2D eigenvalue weighted by molar-refractivity contribution is 5.84. The number of carbonyl (C=O) groups is 2. The first-order valence-electron chi connectivity index (χ1n) is 6.10. The van der Waals surface area contributed by atoms with E-state index in [-0.39, 0.29) is 11.9 Å². The van der Waals surface area contributed by atoms with Crippen LogP contribution in [0.3, 0.4) is 0 Å². The largest absolute Gasteiger partial charge is 0.369 e. The van der Waals surface area contributed by atoms with Gasteiger partial charge in [-0.3, -0.25) is 4.79 Å². The van der Waals surface area contributed by atoms with Crippen LogP contribution in [-0.2, 0) is 9.53 Å². The molecular formula is C12H23N3O3. The lowest BCUT2D eigenvalue weighted by molar-refractivity contribution is -0.152. The highest BCUT2D eigenvalue weighted by Gasteiger charge is 2.34. The van der Waals surface area contributed by atoms with Crippen molar-refractivity contribution in [1.82, 2.24) is 14.7 Å². The van der Waals surface area contributed by atoms with Crippen LogP contribution in [0.1, 0.15) is 13.8 Å². The molecule has 0 radical (unpaired) electrons. The summed E-state index contributed by atoms with van der Waals surface area (Å²) in [6.07, 6.45) is 0. The molecule has 0 N–H and O–H groups in total. The Morgan fingerprint density at radius 3 is 1.89 bits per heavy atom. The van der Waals surface area contributed by atoms with E-state index in [1.165, 1.54) is 7.11 Å². The van der Waals surface area contributed by atoms with E-state index in [4.69, 9.17) is 4.74 Å². The predicted octanol–water partition coefficient (Wildman–Crippen LogP) is 0.237. The number of carbonyl (C=O) groups excluding carboxylic acids is 2. The van der Waals surface area contributed by atoms with Gasteiger partial charge in [0.1, 0.15) is 5.60 Å². The van der Waals surface area contributed by atoms with Crippen molar-refractivity contribution in [2.75, 3.05) is 47.4 Å². The van der Waals surface area contributed by atoms with Gasteiger partial charge < -0.3 is 19.4 Å². The van der Waals surface area contributed by atoms with Gasteiger partial charge in [-0.15, -0.1) is 0 Å². The van der Waals surface area contributed by atoms with Gasteiger partial charge in [-0.25, -0.2) is 4.79 Å². The number of ether oxygens (including phenoxy) is 1. The Balaban J connectivity index is 2.54. The van der Waals surface area contributed by atoms with Gasteiger partial charge in [0.15, 0.2) is 0 Å². The molecule has 0 aliphatic carbocycles. The SMILES string of the molecule is COC(C)(C)C(=O)N1CCN(C(=O)N(C)C)CC1. The number of urea groups is 1. The second kappa shape index (κ2) is 5.56. The maximum atomic E-state index is 12.1. The van der Waals surface area contributed by atoms with Crippen LogP contribution in [-0.4, -0.2) is 79.6 Å². The summed E-state index contributed by atoms with van der Waals surface area (Å²) in [6, 6.07) is -0.00639. The van der Waals surface area contributed by atoms with Crippen LogP contribution in [0.2, 0.25) is 0 Å². The summed E-state index contributed by atoms with van der Waals surface area (Å²) >= 11 is 0. The van der Waals surface area contributed by atoms with Crippen molar-refractivity contribution in [2.24, 2.45) is 0 Å². The van der Waals surface area contributed by atoms with Crippen molar-refractivity contribution in [3.63, 3.8) is 0 Å². The third-order valence-electron chi connectivity index (χ3n) is 3.25. The van der Waals surface area contributed by atoms with Gasteiger partial charge >= 0.3 is 6.03 Å². The standard InChI is InChI=1S/C12H23N3O3/c1-12(2,18-5)10(16)14-6-8-15(9-7-14)11(17)13(3)4/h6-9H2,1-5H3. The minimum atomic E-state index is -0.798. The molecule has 1 heterocycles. The molecule has 0 aromatic rings. The van der Waals surface area contributed by atoms with E-state index in [2.05, 4.69) is 0 Å². The van der Waals surface area contributed by atoms with Crippen LogP contribution in [0, 0.1) is 0 Å². The predicted molar refractivity (Wildman–Crippen MR) is 68.3 cm³/mol. The fraction of sp³-hybridized carbons (Fsp3) is 0.833. The van der Waals surface area contributed by atoms with Crippen LogP contribution in [0.25, 0.3) is 0 Å². The molecule has 0 spiro atoms. The number of nitrogens with zero attached hydrogens (tertiary/aromatic N) is 3. The summed E-state index contributed by atoms with van der Waals surface area (Å²) < 4.78 is 5.19. The van der Waals surface area contributed by atoms with E-state index >= 15 is 0 Å². The van der Waals surface area contributed by atoms with E-state index in [9.17, 15) is 9.59 Å². The molecule has 6 heteroatoms. The Morgan fingerprint density at radius 1 is 1.06 bits per heavy atom. The molecule has 0 unspecified atom stereocenters. The van der Waals surface area contributed by atoms with E-state index in [1.807, 2.05) is 0 Å². The van der Waals surface area contributed by atoms with Crippen molar-refractivity contribution in [1.29, 1.82) is 0 Å². The fourth-order valence-corrected chi connectivity index (χ4v) is 1.85. The van der Waals surface area contributed by atoms with Gasteiger partial charge in [0.05, 0.1) is 0 Å². The smallest absolute Gasteiger partial charge is 0.319 e. The van der Waals surface area contributed by atoms with Crippen LogP contribution in [0.15, 0.2) is 0 Å². The molecule has 18 heavy (non-hydrogen) atoms. The zero-order valence-electron chi connectivity index (χ0n) is 11.9. The molecule has 0 aromatic carbocycles. The molecule has 6 nitrogen and oxygen atoms in total. The topological polar surface area (TPSA) is 53.1 Å². The molecule has 0 atom stereocenters. The lowest BCUT2D eigenvalue weighted by Gasteiger charge is -2.38. The Labute approximate surface area is 108 Å². The van der Waals surface area contributed by atoms with Gasteiger partial charge in [0, 0.05) is 47.4 Å². The molecule has 3 amide bonds. The number of hydrogen-bond acceptors (Lipinski definition) is 3. The van der Waals surface area contributed by atoms with Crippen LogP contribution >= 0.6 is 0 Å². The van der Waals surface area contributed by atoms with Crippen LogP contribution in [0.4, 0.5) is 4.79 Å². The van der Waals surface area contributed by atoms with E-state index in [1.54, 1.807) is 42.6 Å². The zero-order chi connectivity index (χ0) is 13.9. The van der Waals surface area contributed by atoms with Gasteiger partial charge in [0.25, 0.3) is 5.91 Å². The first-order valence-corrected chi connectivity index (χ1v) is 6.10. The normalized spacial score (nSPS) is 16.7. The highest BCUT2D eigenvalue weighted by atomic mass is 16.5. The van der Waals surface area contributed by atoms with Crippen molar-refractivity contribution in [2.45, 2.75) is 19.4 Å².